The third kappa shape index (κ3) is 10.0. The van der Waals surface area contributed by atoms with E-state index in [2.05, 4.69) is 121 Å². The Bertz CT molecular complexity index is 1450. The molecule has 0 saturated heterocycles. The van der Waals surface area contributed by atoms with Crippen LogP contribution < -0.4 is 0 Å². The summed E-state index contributed by atoms with van der Waals surface area (Å²) in [6.45, 7) is 23.2. The first-order valence-corrected chi connectivity index (χ1v) is 20.5. The summed E-state index contributed by atoms with van der Waals surface area (Å²) >= 11 is 1.30. The summed E-state index contributed by atoms with van der Waals surface area (Å²) < 4.78 is 3.34. The van der Waals surface area contributed by atoms with Gasteiger partial charge in [0, 0.05) is 0 Å². The third-order valence-electron chi connectivity index (χ3n) is 11.2. The Morgan fingerprint density at radius 1 is 0.816 bits per heavy atom. The predicted molar refractivity (Wildman–Crippen MR) is 209 cm³/mol. The van der Waals surface area contributed by atoms with Crippen LogP contribution in [-0.4, -0.2) is 4.21 Å². The molecule has 6 aliphatic carbocycles. The van der Waals surface area contributed by atoms with Crippen LogP contribution in [0.2, 0.25) is 0 Å². The van der Waals surface area contributed by atoms with Crippen molar-refractivity contribution in [3.8, 4) is 11.1 Å². The van der Waals surface area contributed by atoms with E-state index in [4.69, 9.17) is 0 Å². The van der Waals surface area contributed by atoms with E-state index in [0.717, 1.165) is 24.2 Å². The van der Waals surface area contributed by atoms with Gasteiger partial charge in [0.1, 0.15) is 0 Å². The minimum atomic E-state index is 0.177. The number of fused-ring (bicyclic) bond motifs is 3. The maximum Gasteiger partial charge on any atom is -0.171 e. The van der Waals surface area contributed by atoms with Crippen molar-refractivity contribution in [3.05, 3.63) is 125 Å². The quantitative estimate of drug-likeness (QED) is 0.180. The van der Waals surface area contributed by atoms with Crippen molar-refractivity contribution in [2.45, 2.75) is 125 Å². The molecule has 4 saturated carbocycles. The van der Waals surface area contributed by atoms with Crippen molar-refractivity contribution in [1.29, 1.82) is 0 Å². The van der Waals surface area contributed by atoms with Crippen molar-refractivity contribution in [2.24, 2.45) is 29.1 Å². The molecule has 4 bridgehead atoms. The molecule has 1 unspecified atom stereocenters. The minimum Gasteiger partial charge on any atom is -0.184 e. The molecule has 0 heterocycles. The van der Waals surface area contributed by atoms with E-state index in [1.165, 1.54) is 69.6 Å². The fourth-order valence-corrected chi connectivity index (χ4v) is 9.33. The van der Waals surface area contributed by atoms with E-state index in [9.17, 15) is 0 Å². The van der Waals surface area contributed by atoms with Crippen LogP contribution in [0.3, 0.4) is 0 Å². The van der Waals surface area contributed by atoms with Crippen molar-refractivity contribution < 1.29 is 24.2 Å². The zero-order valence-electron chi connectivity index (χ0n) is 32.2. The first-order valence-electron chi connectivity index (χ1n) is 18.8. The molecule has 0 nitrogen and oxygen atoms in total. The fourth-order valence-electron chi connectivity index (χ4n) is 9.33. The molecule has 1 atom stereocenters. The topological polar surface area (TPSA) is 0 Å². The average molecular weight is 730 g/mol. The van der Waals surface area contributed by atoms with Gasteiger partial charge in [0.2, 0.25) is 0 Å². The maximum atomic E-state index is 3.57. The molecule has 262 valence electrons. The molecule has 6 aliphatic rings. The van der Waals surface area contributed by atoms with E-state index in [1.54, 1.807) is 51.0 Å². The van der Waals surface area contributed by atoms with E-state index in [-0.39, 0.29) is 10.8 Å². The number of hydrogen-bond donors (Lipinski definition) is 0. The Morgan fingerprint density at radius 2 is 1.37 bits per heavy atom. The number of hydrogen-bond acceptors (Lipinski definition) is 0. The summed E-state index contributed by atoms with van der Waals surface area (Å²) in [6, 6.07) is 27.6. The molecule has 0 N–H and O–H groups in total. The number of rotatable bonds is 2. The van der Waals surface area contributed by atoms with Gasteiger partial charge in [-0.2, -0.15) is 84.3 Å². The van der Waals surface area contributed by atoms with Gasteiger partial charge in [-0.3, -0.25) is 6.08 Å². The van der Waals surface area contributed by atoms with Gasteiger partial charge in [-0.05, 0) is 79.1 Å². The summed E-state index contributed by atoms with van der Waals surface area (Å²) in [6.07, 6.45) is 17.8. The predicted octanol–water partition coefficient (Wildman–Crippen LogP) is 12.9. The van der Waals surface area contributed by atoms with Crippen LogP contribution in [0.1, 0.15) is 130 Å². The Balaban J connectivity index is 0.000000175. The smallest absolute Gasteiger partial charge is 0.171 e. The van der Waals surface area contributed by atoms with E-state index in [0.29, 0.717) is 11.3 Å². The second kappa shape index (κ2) is 16.9. The molecule has 0 radical (unpaired) electrons. The summed E-state index contributed by atoms with van der Waals surface area (Å²) in [7, 11) is 0. The first-order chi connectivity index (χ1) is 23.3. The van der Waals surface area contributed by atoms with Gasteiger partial charge >= 0.3 is 28.4 Å². The van der Waals surface area contributed by atoms with Crippen LogP contribution in [0.25, 0.3) is 11.1 Å². The standard InChI is InChI=1S/C21H25.C18H25.C6H5.C2H5.CH2.Zr/c1-20(2,3)16-9-7-14-11-15-8-10-17(21(4,5)6)13-19(15)18(14)12-16;1-12-3-13(2)17(4-12)11-18-8-14-5-15(9-18)7-16(6-14)10-18;1-2-4-6-5-3-1;1-2;;/h7,9-10,12-13H,11H2,1-6H3;4,12,14-16H,5-11H2,1-2H3;1-5H;1H2,2H3;1H2;/q4*-1;;. The molecule has 0 amide bonds. The van der Waals surface area contributed by atoms with Crippen LogP contribution in [-0.2, 0) is 41.5 Å². The number of benzene rings is 3. The molecule has 9 rings (SSSR count). The molecule has 3 aromatic rings. The van der Waals surface area contributed by atoms with E-state index >= 15 is 0 Å². The second-order valence-electron chi connectivity index (χ2n) is 17.3. The first kappa shape index (κ1) is 39.7. The van der Waals surface area contributed by atoms with Gasteiger partial charge in [-0.1, -0.05) is 102 Å². The minimum absolute atomic E-state index is 0.177. The zero-order valence-corrected chi connectivity index (χ0v) is 34.7. The van der Waals surface area contributed by atoms with Gasteiger partial charge in [-0.15, -0.1) is 5.56 Å². The van der Waals surface area contributed by atoms with Crippen LogP contribution in [0.15, 0.2) is 77.9 Å². The van der Waals surface area contributed by atoms with Gasteiger partial charge in [0.25, 0.3) is 0 Å². The Hall–Kier alpha value is -2.11. The van der Waals surface area contributed by atoms with Crippen LogP contribution in [0, 0.1) is 54.2 Å². The zero-order chi connectivity index (χ0) is 36.0. The SMILES string of the molecule is CC(C)(C)c1c[c-]c2c(c1)-c1cc(C(C)(C)C)ccc1C2.CC1=[C-]C(C)C=C1CC12CC3CC(CC(C3)C1)C2.[CH2-]C.[CH2]=[Zr].[c-]1ccccc1. The van der Waals surface area contributed by atoms with Crippen molar-refractivity contribution in [2.75, 3.05) is 0 Å². The monoisotopic (exact) mass is 728 g/mol. The third-order valence-corrected chi connectivity index (χ3v) is 11.2. The van der Waals surface area contributed by atoms with E-state index < -0.39 is 0 Å². The van der Waals surface area contributed by atoms with E-state index in [1.807, 2.05) is 30.3 Å². The van der Waals surface area contributed by atoms with Crippen LogP contribution in [0.4, 0.5) is 0 Å². The summed E-state index contributed by atoms with van der Waals surface area (Å²) in [5.41, 5.74) is 12.6. The summed E-state index contributed by atoms with van der Waals surface area (Å²) in [5, 5.41) is 0. The Labute approximate surface area is 316 Å². The molecule has 0 aliphatic heterocycles. The Kier molecular flexibility index (Phi) is 13.7. The summed E-state index contributed by atoms with van der Waals surface area (Å²) in [4.78, 5) is 0. The second-order valence-corrected chi connectivity index (χ2v) is 17.3. The molecule has 49 heavy (non-hydrogen) atoms. The molecule has 1 heteroatoms. The molecule has 4 fully saturated rings. The molecular weight excluding hydrogens is 668 g/mol. The van der Waals surface area contributed by atoms with Crippen LogP contribution >= 0.6 is 0 Å². The Morgan fingerprint density at radius 3 is 1.82 bits per heavy atom. The van der Waals surface area contributed by atoms with Crippen molar-refractivity contribution >= 4 is 4.21 Å². The van der Waals surface area contributed by atoms with Gasteiger partial charge < -0.3 is 6.92 Å². The van der Waals surface area contributed by atoms with Crippen molar-refractivity contribution in [3.63, 3.8) is 0 Å². The number of allylic oxidation sites excluding steroid dienone is 4. The van der Waals surface area contributed by atoms with Gasteiger partial charge in [0.15, 0.2) is 0 Å². The summed E-state index contributed by atoms with van der Waals surface area (Å²) in [5.74, 6) is 3.82. The molecular formula is C48H62Zr-4. The maximum absolute atomic E-state index is 3.57. The average Bonchev–Trinajstić information content (AvgIpc) is 3.59. The molecule has 0 spiro atoms. The van der Waals surface area contributed by atoms with Gasteiger partial charge in [-0.25, -0.2) is 5.57 Å². The van der Waals surface area contributed by atoms with Gasteiger partial charge in [0.05, 0.1) is 0 Å². The fraction of sp³-hybridized carbons (Fsp3) is 0.500. The molecule has 0 aromatic heterocycles. The largest absolute Gasteiger partial charge is 0.184 e. The molecule has 3 aromatic carbocycles. The van der Waals surface area contributed by atoms with Crippen molar-refractivity contribution in [1.82, 2.24) is 0 Å². The normalized spacial score (nSPS) is 25.3. The van der Waals surface area contributed by atoms with Crippen LogP contribution in [0.5, 0.6) is 0 Å².